The van der Waals surface area contributed by atoms with Crippen LogP contribution in [0.4, 0.5) is 5.69 Å². The standard InChI is InChI=1S/C17H18N2O2/c1-12-6-8-13(9-7-12)10-19-15-4-2-3-5-16(15)21-11-14(18)17(19)20/h2-9,14H,10-11,18H2,1H3/t14-/m0/s1. The Morgan fingerprint density at radius 3 is 2.67 bits per heavy atom. The minimum atomic E-state index is -0.636. The molecule has 2 aromatic carbocycles. The third-order valence-electron chi connectivity index (χ3n) is 3.62. The fourth-order valence-electron chi connectivity index (χ4n) is 2.41. The number of hydrogen-bond acceptors (Lipinski definition) is 3. The van der Waals surface area contributed by atoms with Crippen LogP contribution in [0.2, 0.25) is 0 Å². The predicted molar refractivity (Wildman–Crippen MR) is 82.3 cm³/mol. The van der Waals surface area contributed by atoms with Crippen LogP contribution in [0.5, 0.6) is 5.75 Å². The first-order valence-electron chi connectivity index (χ1n) is 6.99. The van der Waals surface area contributed by atoms with E-state index < -0.39 is 6.04 Å². The molecule has 1 heterocycles. The van der Waals surface area contributed by atoms with Crippen LogP contribution >= 0.6 is 0 Å². The van der Waals surface area contributed by atoms with Gasteiger partial charge in [-0.2, -0.15) is 0 Å². The highest BCUT2D eigenvalue weighted by Crippen LogP contribution is 2.31. The third kappa shape index (κ3) is 2.76. The van der Waals surface area contributed by atoms with E-state index >= 15 is 0 Å². The third-order valence-corrected chi connectivity index (χ3v) is 3.62. The Morgan fingerprint density at radius 1 is 1.19 bits per heavy atom. The molecule has 21 heavy (non-hydrogen) atoms. The van der Waals surface area contributed by atoms with Crippen molar-refractivity contribution >= 4 is 11.6 Å². The number of aryl methyl sites for hydroxylation is 1. The van der Waals surface area contributed by atoms with Gasteiger partial charge in [-0.3, -0.25) is 4.79 Å². The molecule has 0 unspecified atom stereocenters. The van der Waals surface area contributed by atoms with E-state index in [1.807, 2.05) is 55.5 Å². The summed E-state index contributed by atoms with van der Waals surface area (Å²) in [4.78, 5) is 14.2. The second-order valence-corrected chi connectivity index (χ2v) is 5.30. The highest BCUT2D eigenvalue weighted by molar-refractivity contribution is 5.99. The Kier molecular flexibility index (Phi) is 3.62. The van der Waals surface area contributed by atoms with Crippen molar-refractivity contribution in [2.75, 3.05) is 11.5 Å². The van der Waals surface area contributed by atoms with Gasteiger partial charge in [0, 0.05) is 0 Å². The first kappa shape index (κ1) is 13.6. The number of carbonyl (C=O) groups excluding carboxylic acids is 1. The van der Waals surface area contributed by atoms with E-state index in [1.165, 1.54) is 5.56 Å². The molecule has 1 atom stereocenters. The van der Waals surface area contributed by atoms with Gasteiger partial charge in [0.2, 0.25) is 5.91 Å². The molecule has 0 aromatic heterocycles. The first-order chi connectivity index (χ1) is 10.1. The van der Waals surface area contributed by atoms with Crippen LogP contribution in [0.3, 0.4) is 0 Å². The van der Waals surface area contributed by atoms with Gasteiger partial charge in [-0.25, -0.2) is 0 Å². The van der Waals surface area contributed by atoms with E-state index in [1.54, 1.807) is 4.90 Å². The minimum absolute atomic E-state index is 0.111. The number of rotatable bonds is 2. The van der Waals surface area contributed by atoms with Gasteiger partial charge in [0.05, 0.1) is 12.2 Å². The molecule has 1 aliphatic heterocycles. The number of fused-ring (bicyclic) bond motifs is 1. The van der Waals surface area contributed by atoms with Gasteiger partial charge in [-0.15, -0.1) is 0 Å². The number of nitrogens with two attached hydrogens (primary N) is 1. The molecule has 1 aliphatic rings. The van der Waals surface area contributed by atoms with Crippen molar-refractivity contribution in [3.8, 4) is 5.75 Å². The summed E-state index contributed by atoms with van der Waals surface area (Å²) < 4.78 is 5.63. The molecular formula is C17H18N2O2. The van der Waals surface area contributed by atoms with E-state index in [-0.39, 0.29) is 12.5 Å². The number of anilines is 1. The summed E-state index contributed by atoms with van der Waals surface area (Å²) in [6.07, 6.45) is 0. The summed E-state index contributed by atoms with van der Waals surface area (Å²) in [7, 11) is 0. The number of nitrogens with zero attached hydrogens (tertiary/aromatic N) is 1. The van der Waals surface area contributed by atoms with E-state index in [0.29, 0.717) is 12.3 Å². The van der Waals surface area contributed by atoms with Crippen molar-refractivity contribution < 1.29 is 9.53 Å². The van der Waals surface area contributed by atoms with Gasteiger partial charge in [0.1, 0.15) is 18.4 Å². The fourth-order valence-corrected chi connectivity index (χ4v) is 2.41. The van der Waals surface area contributed by atoms with Crippen LogP contribution < -0.4 is 15.4 Å². The Labute approximate surface area is 124 Å². The lowest BCUT2D eigenvalue weighted by molar-refractivity contribution is -0.120. The molecular weight excluding hydrogens is 264 g/mol. The van der Waals surface area contributed by atoms with Gasteiger partial charge in [-0.1, -0.05) is 42.0 Å². The van der Waals surface area contributed by atoms with Crippen LogP contribution in [-0.2, 0) is 11.3 Å². The van der Waals surface area contributed by atoms with E-state index in [4.69, 9.17) is 10.5 Å². The number of benzene rings is 2. The van der Waals surface area contributed by atoms with Gasteiger partial charge >= 0.3 is 0 Å². The average Bonchev–Trinajstić information content (AvgIpc) is 2.62. The highest BCUT2D eigenvalue weighted by Gasteiger charge is 2.28. The molecule has 0 saturated carbocycles. The number of para-hydroxylation sites is 2. The summed E-state index contributed by atoms with van der Waals surface area (Å²) in [6.45, 7) is 2.74. The van der Waals surface area contributed by atoms with Crippen molar-refractivity contribution in [2.24, 2.45) is 5.73 Å². The van der Waals surface area contributed by atoms with Gasteiger partial charge in [-0.05, 0) is 24.6 Å². The van der Waals surface area contributed by atoms with Crippen LogP contribution in [0.15, 0.2) is 48.5 Å². The van der Waals surface area contributed by atoms with Crippen molar-refractivity contribution in [3.05, 3.63) is 59.7 Å². The van der Waals surface area contributed by atoms with E-state index in [0.717, 1.165) is 11.3 Å². The summed E-state index contributed by atoms with van der Waals surface area (Å²) in [5.74, 6) is 0.589. The minimum Gasteiger partial charge on any atom is -0.489 e. The molecule has 4 nitrogen and oxygen atoms in total. The largest absolute Gasteiger partial charge is 0.489 e. The lowest BCUT2D eigenvalue weighted by Crippen LogP contribution is -2.44. The Balaban J connectivity index is 1.97. The molecule has 0 saturated heterocycles. The van der Waals surface area contributed by atoms with Gasteiger partial charge in [0.15, 0.2) is 0 Å². The number of carbonyl (C=O) groups is 1. The molecule has 108 valence electrons. The Hall–Kier alpha value is -2.33. The lowest BCUT2D eigenvalue weighted by atomic mass is 10.1. The number of amides is 1. The van der Waals surface area contributed by atoms with Crippen LogP contribution in [0, 0.1) is 6.92 Å². The topological polar surface area (TPSA) is 55.6 Å². The smallest absolute Gasteiger partial charge is 0.247 e. The normalized spacial score (nSPS) is 17.9. The zero-order valence-corrected chi connectivity index (χ0v) is 12.0. The second-order valence-electron chi connectivity index (χ2n) is 5.30. The first-order valence-corrected chi connectivity index (χ1v) is 6.99. The quantitative estimate of drug-likeness (QED) is 0.919. The van der Waals surface area contributed by atoms with E-state index in [9.17, 15) is 4.79 Å². The fraction of sp³-hybridized carbons (Fsp3) is 0.235. The van der Waals surface area contributed by atoms with E-state index in [2.05, 4.69) is 0 Å². The number of ether oxygens (including phenoxy) is 1. The maximum Gasteiger partial charge on any atom is 0.247 e. The van der Waals surface area contributed by atoms with Crippen LogP contribution in [-0.4, -0.2) is 18.6 Å². The van der Waals surface area contributed by atoms with Gasteiger partial charge < -0.3 is 15.4 Å². The molecule has 2 aromatic rings. The monoisotopic (exact) mass is 282 g/mol. The van der Waals surface area contributed by atoms with Crippen LogP contribution in [0.1, 0.15) is 11.1 Å². The molecule has 0 fully saturated rings. The summed E-state index contributed by atoms with van der Waals surface area (Å²) >= 11 is 0. The molecule has 0 aliphatic carbocycles. The molecule has 1 amide bonds. The summed E-state index contributed by atoms with van der Waals surface area (Å²) in [5, 5.41) is 0. The zero-order valence-electron chi connectivity index (χ0n) is 12.0. The molecule has 0 spiro atoms. The zero-order chi connectivity index (χ0) is 14.8. The highest BCUT2D eigenvalue weighted by atomic mass is 16.5. The maximum atomic E-state index is 12.5. The Bertz CT molecular complexity index is 652. The second kappa shape index (κ2) is 5.58. The van der Waals surface area contributed by atoms with Crippen molar-refractivity contribution in [1.29, 1.82) is 0 Å². The van der Waals surface area contributed by atoms with Crippen molar-refractivity contribution in [3.63, 3.8) is 0 Å². The molecule has 0 radical (unpaired) electrons. The molecule has 3 rings (SSSR count). The predicted octanol–water partition coefficient (Wildman–Crippen LogP) is 2.25. The molecule has 2 N–H and O–H groups in total. The SMILES string of the molecule is Cc1ccc(CN2C(=O)[C@@H](N)COc3ccccc32)cc1. The Morgan fingerprint density at radius 2 is 1.90 bits per heavy atom. The maximum absolute atomic E-state index is 12.5. The average molecular weight is 282 g/mol. The molecule has 0 bridgehead atoms. The van der Waals surface area contributed by atoms with Crippen molar-refractivity contribution in [1.82, 2.24) is 0 Å². The van der Waals surface area contributed by atoms with Crippen molar-refractivity contribution in [2.45, 2.75) is 19.5 Å². The van der Waals surface area contributed by atoms with Crippen LogP contribution in [0.25, 0.3) is 0 Å². The van der Waals surface area contributed by atoms with Gasteiger partial charge in [0.25, 0.3) is 0 Å². The summed E-state index contributed by atoms with van der Waals surface area (Å²) in [6, 6.07) is 15.1. The summed E-state index contributed by atoms with van der Waals surface area (Å²) in [5.41, 5.74) is 8.95. The number of hydrogen-bond donors (Lipinski definition) is 1. The lowest BCUT2D eigenvalue weighted by Gasteiger charge is -2.23. The molecule has 4 heteroatoms.